The molecule has 2 aliphatic heterocycles. The van der Waals surface area contributed by atoms with Crippen LogP contribution in [-0.2, 0) is 9.59 Å². The lowest BCUT2D eigenvalue weighted by Gasteiger charge is -2.36. The molecule has 0 aliphatic carbocycles. The van der Waals surface area contributed by atoms with Crippen LogP contribution in [0.15, 0.2) is 30.3 Å². The first-order valence-corrected chi connectivity index (χ1v) is 7.98. The number of likely N-dealkylation sites (tertiary alicyclic amines) is 2. The van der Waals surface area contributed by atoms with Crippen LogP contribution in [0, 0.1) is 0 Å². The largest absolute Gasteiger partial charge is 0.391 e. The summed E-state index contributed by atoms with van der Waals surface area (Å²) in [6.45, 7) is 1.55. The fourth-order valence-corrected chi connectivity index (χ4v) is 3.31. The van der Waals surface area contributed by atoms with Crippen molar-refractivity contribution in [3.8, 4) is 0 Å². The van der Waals surface area contributed by atoms with E-state index in [0.29, 0.717) is 32.5 Å². The molecule has 2 fully saturated rings. The number of β-amino-alcohol motifs (C(OH)–C–C–N with tert-alkyl or cyclic N) is 1. The molecular weight excluding hydrogens is 280 g/mol. The molecule has 22 heavy (non-hydrogen) atoms. The molecule has 0 aromatic heterocycles. The highest BCUT2D eigenvalue weighted by Gasteiger charge is 2.37. The molecule has 2 aliphatic rings. The molecule has 0 saturated carbocycles. The topological polar surface area (TPSA) is 60.9 Å². The Balaban J connectivity index is 1.89. The summed E-state index contributed by atoms with van der Waals surface area (Å²) in [4.78, 5) is 28.7. The molecule has 1 unspecified atom stereocenters. The zero-order valence-electron chi connectivity index (χ0n) is 12.6. The van der Waals surface area contributed by atoms with Crippen LogP contribution in [0.1, 0.15) is 37.3 Å². The Morgan fingerprint density at radius 1 is 1.18 bits per heavy atom. The van der Waals surface area contributed by atoms with Crippen molar-refractivity contribution in [1.82, 2.24) is 9.80 Å². The second-order valence-electron chi connectivity index (χ2n) is 6.08. The second kappa shape index (κ2) is 6.48. The van der Waals surface area contributed by atoms with E-state index in [-0.39, 0.29) is 11.8 Å². The minimum absolute atomic E-state index is 0.0493. The van der Waals surface area contributed by atoms with Gasteiger partial charge in [-0.15, -0.1) is 0 Å². The Hall–Kier alpha value is -1.88. The summed E-state index contributed by atoms with van der Waals surface area (Å²) in [6, 6.07) is 8.93. The average molecular weight is 302 g/mol. The maximum absolute atomic E-state index is 13.0. The van der Waals surface area contributed by atoms with Gasteiger partial charge in [0, 0.05) is 26.1 Å². The highest BCUT2D eigenvalue weighted by molar-refractivity contribution is 5.89. The fraction of sp³-hybridized carbons (Fsp3) is 0.529. The number of hydrogen-bond acceptors (Lipinski definition) is 3. The van der Waals surface area contributed by atoms with E-state index in [1.54, 1.807) is 9.80 Å². The smallest absolute Gasteiger partial charge is 0.250 e. The molecular formula is C17H22N2O3. The van der Waals surface area contributed by atoms with Crippen molar-refractivity contribution in [3.05, 3.63) is 35.9 Å². The van der Waals surface area contributed by atoms with Crippen LogP contribution >= 0.6 is 0 Å². The van der Waals surface area contributed by atoms with Gasteiger partial charge in [-0.3, -0.25) is 9.59 Å². The predicted octanol–water partition coefficient (Wildman–Crippen LogP) is 1.33. The third-order valence-electron chi connectivity index (χ3n) is 4.50. The van der Waals surface area contributed by atoms with Gasteiger partial charge in [-0.25, -0.2) is 0 Å². The van der Waals surface area contributed by atoms with Crippen molar-refractivity contribution in [2.75, 3.05) is 19.6 Å². The van der Waals surface area contributed by atoms with Crippen LogP contribution in [0.3, 0.4) is 0 Å². The third-order valence-corrected chi connectivity index (χ3v) is 4.50. The van der Waals surface area contributed by atoms with Crippen LogP contribution in [0.5, 0.6) is 0 Å². The van der Waals surface area contributed by atoms with E-state index in [0.717, 1.165) is 18.4 Å². The Kier molecular flexibility index (Phi) is 4.43. The van der Waals surface area contributed by atoms with Crippen LogP contribution in [0.25, 0.3) is 0 Å². The molecule has 0 bridgehead atoms. The highest BCUT2D eigenvalue weighted by Crippen LogP contribution is 2.28. The number of aliphatic hydroxyl groups is 1. The summed E-state index contributed by atoms with van der Waals surface area (Å²) in [6.07, 6.45) is 2.51. The number of carbonyl (C=O) groups is 2. The highest BCUT2D eigenvalue weighted by atomic mass is 16.3. The van der Waals surface area contributed by atoms with E-state index in [2.05, 4.69) is 0 Å². The lowest BCUT2D eigenvalue weighted by Crippen LogP contribution is -2.46. The van der Waals surface area contributed by atoms with Gasteiger partial charge in [-0.05, 0) is 24.8 Å². The van der Waals surface area contributed by atoms with Gasteiger partial charge in [0.1, 0.15) is 6.04 Å². The normalized spacial score (nSPS) is 23.7. The van der Waals surface area contributed by atoms with E-state index in [9.17, 15) is 14.7 Å². The van der Waals surface area contributed by atoms with Crippen molar-refractivity contribution in [2.24, 2.45) is 0 Å². The predicted molar refractivity (Wildman–Crippen MR) is 82.0 cm³/mol. The maximum Gasteiger partial charge on any atom is 0.250 e. The summed E-state index contributed by atoms with van der Waals surface area (Å²) in [7, 11) is 0. The van der Waals surface area contributed by atoms with Gasteiger partial charge in [-0.2, -0.15) is 0 Å². The molecule has 2 saturated heterocycles. The molecule has 2 heterocycles. The number of nitrogens with zero attached hydrogens (tertiary/aromatic N) is 2. The number of benzene rings is 1. The molecule has 118 valence electrons. The van der Waals surface area contributed by atoms with Crippen molar-refractivity contribution in [2.45, 2.75) is 37.8 Å². The molecule has 1 N–H and O–H groups in total. The quantitative estimate of drug-likeness (QED) is 0.916. The molecule has 1 aromatic carbocycles. The number of rotatable bonds is 3. The second-order valence-corrected chi connectivity index (χ2v) is 6.08. The summed E-state index contributed by atoms with van der Waals surface area (Å²) in [5.74, 6) is -0.0220. The van der Waals surface area contributed by atoms with E-state index in [4.69, 9.17) is 0 Å². The molecule has 2 atom stereocenters. The Labute approximate surface area is 130 Å². The SMILES string of the molecule is O=C(C(c1ccccc1)N1CCCCC1=O)N1CC[C@@H](O)C1. The lowest BCUT2D eigenvalue weighted by molar-refractivity contribution is -0.147. The number of piperidine rings is 1. The number of hydrogen-bond donors (Lipinski definition) is 1. The van der Waals surface area contributed by atoms with Gasteiger partial charge in [0.15, 0.2) is 0 Å². The van der Waals surface area contributed by atoms with E-state index < -0.39 is 12.1 Å². The summed E-state index contributed by atoms with van der Waals surface area (Å²) < 4.78 is 0. The van der Waals surface area contributed by atoms with Gasteiger partial charge in [0.05, 0.1) is 6.10 Å². The molecule has 2 amide bonds. The number of aliphatic hydroxyl groups excluding tert-OH is 1. The molecule has 0 spiro atoms. The Morgan fingerprint density at radius 2 is 1.95 bits per heavy atom. The molecule has 3 rings (SSSR count). The van der Waals surface area contributed by atoms with E-state index >= 15 is 0 Å². The Morgan fingerprint density at radius 3 is 2.59 bits per heavy atom. The van der Waals surface area contributed by atoms with Crippen molar-refractivity contribution < 1.29 is 14.7 Å². The first-order chi connectivity index (χ1) is 10.7. The minimum Gasteiger partial charge on any atom is -0.391 e. The van der Waals surface area contributed by atoms with Crippen LogP contribution in [0.2, 0.25) is 0 Å². The van der Waals surface area contributed by atoms with Crippen molar-refractivity contribution in [1.29, 1.82) is 0 Å². The molecule has 1 aromatic rings. The van der Waals surface area contributed by atoms with E-state index in [1.807, 2.05) is 30.3 Å². The standard InChI is InChI=1S/C17H22N2O3/c20-14-9-11-18(12-14)17(22)16(13-6-2-1-3-7-13)19-10-5-4-8-15(19)21/h1-3,6-7,14,16,20H,4-5,8-12H2/t14-,16?/m1/s1. The van der Waals surface area contributed by atoms with Crippen LogP contribution < -0.4 is 0 Å². The van der Waals surface area contributed by atoms with Gasteiger partial charge in [0.25, 0.3) is 0 Å². The van der Waals surface area contributed by atoms with E-state index in [1.165, 1.54) is 0 Å². The number of carbonyl (C=O) groups excluding carboxylic acids is 2. The maximum atomic E-state index is 13.0. The summed E-state index contributed by atoms with van der Waals surface area (Å²) in [5, 5.41) is 9.69. The zero-order valence-corrected chi connectivity index (χ0v) is 12.6. The summed E-state index contributed by atoms with van der Waals surface area (Å²) in [5.41, 5.74) is 0.851. The van der Waals surface area contributed by atoms with Gasteiger partial charge in [0.2, 0.25) is 11.8 Å². The van der Waals surface area contributed by atoms with Crippen molar-refractivity contribution in [3.63, 3.8) is 0 Å². The third kappa shape index (κ3) is 2.99. The summed E-state index contributed by atoms with van der Waals surface area (Å²) >= 11 is 0. The first-order valence-electron chi connectivity index (χ1n) is 7.98. The average Bonchev–Trinajstić information content (AvgIpc) is 2.97. The van der Waals surface area contributed by atoms with Gasteiger partial charge < -0.3 is 14.9 Å². The van der Waals surface area contributed by atoms with Gasteiger partial charge in [-0.1, -0.05) is 30.3 Å². The first kappa shape index (κ1) is 15.0. The lowest BCUT2D eigenvalue weighted by atomic mass is 10.00. The molecule has 5 nitrogen and oxygen atoms in total. The Bertz CT molecular complexity index is 546. The fourth-order valence-electron chi connectivity index (χ4n) is 3.31. The van der Waals surface area contributed by atoms with Crippen molar-refractivity contribution >= 4 is 11.8 Å². The monoisotopic (exact) mass is 302 g/mol. The molecule has 0 radical (unpaired) electrons. The zero-order chi connectivity index (χ0) is 15.5. The van der Waals surface area contributed by atoms with Crippen LogP contribution in [-0.4, -0.2) is 52.5 Å². The van der Waals surface area contributed by atoms with Crippen LogP contribution in [0.4, 0.5) is 0 Å². The number of amides is 2. The van der Waals surface area contributed by atoms with Gasteiger partial charge >= 0.3 is 0 Å². The molecule has 5 heteroatoms. The minimum atomic E-state index is -0.556.